The first kappa shape index (κ1) is 14.4. The average molecular weight is 260 g/mol. The molecule has 2 heteroatoms. The number of likely N-dealkylation sites (tertiary alicyclic amines) is 1. The Labute approximate surface area is 118 Å². The van der Waals surface area contributed by atoms with Gasteiger partial charge in [0.25, 0.3) is 0 Å². The third-order valence-corrected chi connectivity index (χ3v) is 4.26. The number of hydrogen-bond acceptors (Lipinski definition) is 2. The summed E-state index contributed by atoms with van der Waals surface area (Å²) in [5.41, 5.74) is 7.99. The van der Waals surface area contributed by atoms with E-state index in [1.165, 1.54) is 63.6 Å². The first-order valence-electron chi connectivity index (χ1n) is 7.88. The minimum Gasteiger partial charge on any atom is -0.399 e. The molecule has 0 aliphatic carbocycles. The molecule has 1 aromatic carbocycles. The molecule has 1 heterocycles. The summed E-state index contributed by atoms with van der Waals surface area (Å²) in [6, 6.07) is 9.20. The molecule has 0 radical (unpaired) electrons. The van der Waals surface area contributed by atoms with E-state index >= 15 is 0 Å². The number of piperidine rings is 1. The normalized spacial score (nSPS) is 20.6. The molecule has 1 unspecified atom stereocenters. The summed E-state index contributed by atoms with van der Waals surface area (Å²) < 4.78 is 0. The molecule has 2 nitrogen and oxygen atoms in total. The number of nitrogens with zero attached hydrogens (tertiary/aromatic N) is 1. The lowest BCUT2D eigenvalue weighted by molar-refractivity contribution is 0.138. The Morgan fingerprint density at radius 2 is 2.00 bits per heavy atom. The highest BCUT2D eigenvalue weighted by molar-refractivity contribution is 5.39. The van der Waals surface area contributed by atoms with Gasteiger partial charge in [-0.3, -0.25) is 0 Å². The van der Waals surface area contributed by atoms with Crippen LogP contribution >= 0.6 is 0 Å². The van der Waals surface area contributed by atoms with Gasteiger partial charge >= 0.3 is 0 Å². The Bertz CT molecular complexity index is 356. The quantitative estimate of drug-likeness (QED) is 0.787. The minimum atomic E-state index is 0.852. The molecule has 2 rings (SSSR count). The standard InChI is InChI=1S/C17H28N2/c1-2-6-17-8-3-4-13-19(17)14-5-7-15-9-11-16(18)12-10-15/h9-12,17H,2-8,13-14,18H2,1H3. The predicted octanol–water partition coefficient (Wildman–Crippen LogP) is 3.86. The molecule has 1 aromatic rings. The summed E-state index contributed by atoms with van der Waals surface area (Å²) in [5, 5.41) is 0. The van der Waals surface area contributed by atoms with Gasteiger partial charge in [-0.25, -0.2) is 0 Å². The Morgan fingerprint density at radius 3 is 2.74 bits per heavy atom. The van der Waals surface area contributed by atoms with Crippen molar-refractivity contribution in [2.24, 2.45) is 0 Å². The topological polar surface area (TPSA) is 29.3 Å². The van der Waals surface area contributed by atoms with E-state index < -0.39 is 0 Å². The van der Waals surface area contributed by atoms with Gasteiger partial charge in [-0.1, -0.05) is 31.9 Å². The second-order valence-corrected chi connectivity index (χ2v) is 5.82. The fraction of sp³-hybridized carbons (Fsp3) is 0.647. The minimum absolute atomic E-state index is 0.852. The highest BCUT2D eigenvalue weighted by atomic mass is 15.2. The van der Waals surface area contributed by atoms with Crippen molar-refractivity contribution in [1.82, 2.24) is 4.90 Å². The van der Waals surface area contributed by atoms with E-state index in [0.717, 1.165) is 11.7 Å². The first-order chi connectivity index (χ1) is 9.29. The molecule has 0 amide bonds. The number of nitrogens with two attached hydrogens (primary N) is 1. The van der Waals surface area contributed by atoms with Crippen LogP contribution in [-0.2, 0) is 6.42 Å². The maximum atomic E-state index is 5.72. The Morgan fingerprint density at radius 1 is 1.21 bits per heavy atom. The molecule has 1 aliphatic rings. The van der Waals surface area contributed by atoms with E-state index in [4.69, 9.17) is 5.73 Å². The molecule has 1 fully saturated rings. The number of anilines is 1. The van der Waals surface area contributed by atoms with E-state index in [1.807, 2.05) is 12.1 Å². The van der Waals surface area contributed by atoms with Crippen molar-refractivity contribution in [3.8, 4) is 0 Å². The lowest BCUT2D eigenvalue weighted by atomic mass is 9.97. The number of hydrogen-bond donors (Lipinski definition) is 1. The summed E-state index contributed by atoms with van der Waals surface area (Å²) in [5.74, 6) is 0. The summed E-state index contributed by atoms with van der Waals surface area (Å²) in [6.07, 6.45) is 9.37. The lowest BCUT2D eigenvalue weighted by Gasteiger charge is -2.35. The summed E-state index contributed by atoms with van der Waals surface area (Å²) in [4.78, 5) is 2.73. The van der Waals surface area contributed by atoms with Crippen molar-refractivity contribution in [1.29, 1.82) is 0 Å². The van der Waals surface area contributed by atoms with Gasteiger partial charge in [0.1, 0.15) is 0 Å². The zero-order valence-electron chi connectivity index (χ0n) is 12.3. The van der Waals surface area contributed by atoms with Gasteiger partial charge in [-0.15, -0.1) is 0 Å². The van der Waals surface area contributed by atoms with Crippen LogP contribution in [0.2, 0.25) is 0 Å². The molecule has 1 saturated heterocycles. The van der Waals surface area contributed by atoms with E-state index in [2.05, 4.69) is 24.0 Å². The Balaban J connectivity index is 1.75. The van der Waals surface area contributed by atoms with Crippen LogP contribution in [0.4, 0.5) is 5.69 Å². The SMILES string of the molecule is CCCC1CCCCN1CCCc1ccc(N)cc1. The van der Waals surface area contributed by atoms with Crippen LogP contribution in [0.1, 0.15) is 51.0 Å². The number of nitrogen functional groups attached to an aromatic ring is 1. The average Bonchev–Trinajstić information content (AvgIpc) is 2.43. The van der Waals surface area contributed by atoms with Crippen LogP contribution in [0, 0.1) is 0 Å². The van der Waals surface area contributed by atoms with Crippen molar-refractivity contribution < 1.29 is 0 Å². The second kappa shape index (κ2) is 7.54. The maximum Gasteiger partial charge on any atom is 0.0314 e. The van der Waals surface area contributed by atoms with E-state index in [9.17, 15) is 0 Å². The third-order valence-electron chi connectivity index (χ3n) is 4.26. The third kappa shape index (κ3) is 4.54. The van der Waals surface area contributed by atoms with E-state index in [0.29, 0.717) is 0 Å². The van der Waals surface area contributed by atoms with Crippen molar-refractivity contribution in [3.63, 3.8) is 0 Å². The fourth-order valence-corrected chi connectivity index (χ4v) is 3.19. The van der Waals surface area contributed by atoms with Gasteiger partial charge in [0.05, 0.1) is 0 Å². The first-order valence-corrected chi connectivity index (χ1v) is 7.88. The van der Waals surface area contributed by atoms with Crippen LogP contribution < -0.4 is 5.73 Å². The molecular weight excluding hydrogens is 232 g/mol. The number of benzene rings is 1. The molecular formula is C17H28N2. The van der Waals surface area contributed by atoms with Gasteiger partial charge < -0.3 is 10.6 Å². The zero-order valence-corrected chi connectivity index (χ0v) is 12.3. The van der Waals surface area contributed by atoms with Crippen LogP contribution in [0.25, 0.3) is 0 Å². The smallest absolute Gasteiger partial charge is 0.0314 e. The lowest BCUT2D eigenvalue weighted by Crippen LogP contribution is -2.40. The fourth-order valence-electron chi connectivity index (χ4n) is 3.19. The molecule has 19 heavy (non-hydrogen) atoms. The second-order valence-electron chi connectivity index (χ2n) is 5.82. The van der Waals surface area contributed by atoms with Crippen LogP contribution in [0.5, 0.6) is 0 Å². The monoisotopic (exact) mass is 260 g/mol. The highest BCUT2D eigenvalue weighted by Crippen LogP contribution is 2.21. The van der Waals surface area contributed by atoms with Gasteiger partial charge in [-0.05, 0) is 62.9 Å². The van der Waals surface area contributed by atoms with Crippen LogP contribution in [-0.4, -0.2) is 24.0 Å². The van der Waals surface area contributed by atoms with Crippen LogP contribution in [0.3, 0.4) is 0 Å². The molecule has 0 bridgehead atoms. The Hall–Kier alpha value is -1.02. The van der Waals surface area contributed by atoms with Crippen molar-refractivity contribution in [2.45, 2.75) is 57.9 Å². The predicted molar refractivity (Wildman–Crippen MR) is 83.3 cm³/mol. The highest BCUT2D eigenvalue weighted by Gasteiger charge is 2.20. The molecule has 0 spiro atoms. The summed E-state index contributed by atoms with van der Waals surface area (Å²) in [7, 11) is 0. The summed E-state index contributed by atoms with van der Waals surface area (Å²) >= 11 is 0. The molecule has 1 aliphatic heterocycles. The van der Waals surface area contributed by atoms with Gasteiger partial charge in [0.15, 0.2) is 0 Å². The Kier molecular flexibility index (Phi) is 5.71. The largest absolute Gasteiger partial charge is 0.399 e. The summed E-state index contributed by atoms with van der Waals surface area (Å²) in [6.45, 7) is 4.88. The number of rotatable bonds is 6. The van der Waals surface area contributed by atoms with Crippen LogP contribution in [0.15, 0.2) is 24.3 Å². The van der Waals surface area contributed by atoms with Crippen molar-refractivity contribution >= 4 is 5.69 Å². The van der Waals surface area contributed by atoms with E-state index in [1.54, 1.807) is 0 Å². The molecule has 106 valence electrons. The van der Waals surface area contributed by atoms with Crippen molar-refractivity contribution in [3.05, 3.63) is 29.8 Å². The van der Waals surface area contributed by atoms with Gasteiger partial charge in [0.2, 0.25) is 0 Å². The molecule has 1 atom stereocenters. The molecule has 2 N–H and O–H groups in total. The van der Waals surface area contributed by atoms with Gasteiger partial charge in [-0.2, -0.15) is 0 Å². The maximum absolute atomic E-state index is 5.72. The van der Waals surface area contributed by atoms with Gasteiger partial charge in [0, 0.05) is 11.7 Å². The van der Waals surface area contributed by atoms with E-state index in [-0.39, 0.29) is 0 Å². The molecule has 0 saturated carbocycles. The molecule has 0 aromatic heterocycles. The number of aryl methyl sites for hydroxylation is 1. The zero-order chi connectivity index (χ0) is 13.5. The van der Waals surface area contributed by atoms with Crippen molar-refractivity contribution in [2.75, 3.05) is 18.8 Å².